The summed E-state index contributed by atoms with van der Waals surface area (Å²) in [5.74, 6) is -3.38. The van der Waals surface area contributed by atoms with E-state index < -0.39 is 41.7 Å². The van der Waals surface area contributed by atoms with E-state index in [4.69, 9.17) is 26.2 Å². The molecular formula is C7H9NO6. The molecule has 1 rings (SSSR count). The minimum absolute atomic E-state index is 0.427. The van der Waals surface area contributed by atoms with Crippen molar-refractivity contribution in [3.63, 3.8) is 0 Å². The van der Waals surface area contributed by atoms with Crippen molar-refractivity contribution in [1.29, 1.82) is 0 Å². The molecule has 0 fully saturated rings. The second-order valence-corrected chi connectivity index (χ2v) is 2.57. The van der Waals surface area contributed by atoms with E-state index in [0.29, 0.717) is 0 Å². The van der Waals surface area contributed by atoms with Crippen molar-refractivity contribution in [3.8, 4) is 0 Å². The second-order valence-electron chi connectivity index (χ2n) is 2.57. The van der Waals surface area contributed by atoms with Crippen LogP contribution in [0.5, 0.6) is 0 Å². The molecule has 0 saturated carbocycles. The number of aliphatic carboxylic acids is 1. The predicted octanol–water partition coefficient (Wildman–Crippen LogP) is -1.04. The summed E-state index contributed by atoms with van der Waals surface area (Å²) in [4.78, 5) is 10.5. The van der Waals surface area contributed by atoms with Gasteiger partial charge in [-0.3, -0.25) is 0 Å². The lowest BCUT2D eigenvalue weighted by molar-refractivity contribution is -0.146. The van der Waals surface area contributed by atoms with Gasteiger partial charge in [0.25, 0.3) is 0 Å². The third-order valence-electron chi connectivity index (χ3n) is 1.67. The Morgan fingerprint density at radius 2 is 2.00 bits per heavy atom. The van der Waals surface area contributed by atoms with Gasteiger partial charge in [-0.05, 0) is 0 Å². The molecule has 1 heterocycles. The Balaban J connectivity index is 3.12. The SMILES string of the molecule is NC1=C(O)C(O)=C(CO)O[C@H]1C(=O)O. The minimum atomic E-state index is -1.59. The largest absolute Gasteiger partial charge is 0.503 e. The van der Waals surface area contributed by atoms with E-state index in [9.17, 15) is 4.79 Å². The van der Waals surface area contributed by atoms with Crippen LogP contribution in [0.3, 0.4) is 0 Å². The van der Waals surface area contributed by atoms with E-state index in [0.717, 1.165) is 0 Å². The Morgan fingerprint density at radius 1 is 1.43 bits per heavy atom. The number of rotatable bonds is 2. The average molecular weight is 203 g/mol. The lowest BCUT2D eigenvalue weighted by Gasteiger charge is -2.22. The standard InChI is InChI=1S/C7H9NO6/c8-3-5(11)4(10)2(1-9)14-6(3)7(12)13/h6,9-11H,1,8H2,(H,12,13)/t6-/m1/s1. The van der Waals surface area contributed by atoms with Gasteiger partial charge in [-0.15, -0.1) is 0 Å². The highest BCUT2D eigenvalue weighted by atomic mass is 16.5. The molecule has 0 spiro atoms. The molecule has 0 radical (unpaired) electrons. The molecule has 1 atom stereocenters. The lowest BCUT2D eigenvalue weighted by atomic mass is 10.1. The molecule has 0 unspecified atom stereocenters. The molecular weight excluding hydrogens is 194 g/mol. The molecule has 1 aliphatic heterocycles. The summed E-state index contributed by atoms with van der Waals surface area (Å²) in [6.07, 6.45) is -1.59. The maximum Gasteiger partial charge on any atom is 0.351 e. The van der Waals surface area contributed by atoms with E-state index in [2.05, 4.69) is 4.74 Å². The van der Waals surface area contributed by atoms with Crippen LogP contribution in [0.2, 0.25) is 0 Å². The molecule has 0 aromatic carbocycles. The molecule has 0 aromatic rings. The summed E-state index contributed by atoms with van der Waals surface area (Å²) in [7, 11) is 0. The molecule has 7 nitrogen and oxygen atoms in total. The number of ether oxygens (including phenoxy) is 1. The van der Waals surface area contributed by atoms with Gasteiger partial charge in [0.1, 0.15) is 12.3 Å². The first-order chi connectivity index (χ1) is 6.49. The Bertz CT molecular complexity index is 331. The molecule has 0 saturated heterocycles. The molecule has 0 aromatic heterocycles. The number of aliphatic hydroxyl groups excluding tert-OH is 3. The molecule has 14 heavy (non-hydrogen) atoms. The number of carboxylic acid groups (broad SMARTS) is 1. The van der Waals surface area contributed by atoms with Gasteiger partial charge in [0.05, 0.1) is 0 Å². The predicted molar refractivity (Wildman–Crippen MR) is 43.1 cm³/mol. The summed E-state index contributed by atoms with van der Waals surface area (Å²) in [5, 5.41) is 35.5. The Hall–Kier alpha value is -1.89. The Kier molecular flexibility index (Phi) is 2.52. The van der Waals surface area contributed by atoms with Gasteiger partial charge in [-0.25, -0.2) is 4.79 Å². The van der Waals surface area contributed by atoms with Crippen molar-refractivity contribution < 1.29 is 30.0 Å². The van der Waals surface area contributed by atoms with Crippen LogP contribution in [-0.2, 0) is 9.53 Å². The molecule has 0 bridgehead atoms. The first-order valence-corrected chi connectivity index (χ1v) is 3.60. The second kappa shape index (κ2) is 3.46. The number of carbonyl (C=O) groups is 1. The maximum atomic E-state index is 10.5. The van der Waals surface area contributed by atoms with Crippen LogP contribution in [-0.4, -0.2) is 39.1 Å². The number of aliphatic hydroxyl groups is 3. The maximum absolute atomic E-state index is 10.5. The Morgan fingerprint density at radius 3 is 2.43 bits per heavy atom. The van der Waals surface area contributed by atoms with Gasteiger partial charge in [0, 0.05) is 0 Å². The molecule has 0 amide bonds. The molecule has 1 aliphatic rings. The van der Waals surface area contributed by atoms with Crippen LogP contribution in [0.15, 0.2) is 23.0 Å². The van der Waals surface area contributed by atoms with Crippen molar-refractivity contribution in [3.05, 3.63) is 23.0 Å². The van der Waals surface area contributed by atoms with Gasteiger partial charge in [0.15, 0.2) is 11.5 Å². The summed E-state index contributed by atoms with van der Waals surface area (Å²) in [6.45, 7) is -0.729. The first kappa shape index (κ1) is 10.2. The Labute approximate surface area is 78.3 Å². The highest BCUT2D eigenvalue weighted by molar-refractivity contribution is 5.77. The van der Waals surface area contributed by atoms with Crippen LogP contribution in [0.1, 0.15) is 0 Å². The zero-order chi connectivity index (χ0) is 10.9. The summed E-state index contributed by atoms with van der Waals surface area (Å²) in [5.41, 5.74) is 4.67. The molecule has 78 valence electrons. The van der Waals surface area contributed by atoms with Gasteiger partial charge >= 0.3 is 5.97 Å². The quantitative estimate of drug-likeness (QED) is 0.387. The van der Waals surface area contributed by atoms with Crippen molar-refractivity contribution in [1.82, 2.24) is 0 Å². The van der Waals surface area contributed by atoms with E-state index >= 15 is 0 Å². The van der Waals surface area contributed by atoms with Gasteiger partial charge in [-0.2, -0.15) is 0 Å². The van der Waals surface area contributed by atoms with Crippen LogP contribution < -0.4 is 5.73 Å². The van der Waals surface area contributed by atoms with E-state index in [1.165, 1.54) is 0 Å². The van der Waals surface area contributed by atoms with Gasteiger partial charge in [-0.1, -0.05) is 0 Å². The number of carboxylic acids is 1. The smallest absolute Gasteiger partial charge is 0.351 e. The van der Waals surface area contributed by atoms with Crippen LogP contribution in [0, 0.1) is 0 Å². The summed E-state index contributed by atoms with van der Waals surface area (Å²) >= 11 is 0. The van der Waals surface area contributed by atoms with E-state index in [1.807, 2.05) is 0 Å². The number of hydrogen-bond donors (Lipinski definition) is 5. The highest BCUT2D eigenvalue weighted by Crippen LogP contribution is 2.23. The lowest BCUT2D eigenvalue weighted by Crippen LogP contribution is -2.35. The van der Waals surface area contributed by atoms with Crippen molar-refractivity contribution >= 4 is 5.97 Å². The fourth-order valence-corrected chi connectivity index (χ4v) is 0.950. The zero-order valence-electron chi connectivity index (χ0n) is 6.97. The van der Waals surface area contributed by atoms with Gasteiger partial charge in [0.2, 0.25) is 11.9 Å². The number of nitrogens with two attached hydrogens (primary N) is 1. The van der Waals surface area contributed by atoms with Gasteiger partial charge < -0.3 is 30.9 Å². The highest BCUT2D eigenvalue weighted by Gasteiger charge is 2.33. The molecule has 0 aliphatic carbocycles. The third kappa shape index (κ3) is 1.44. The van der Waals surface area contributed by atoms with Crippen molar-refractivity contribution in [2.75, 3.05) is 6.61 Å². The summed E-state index contributed by atoms with van der Waals surface area (Å²) < 4.78 is 4.63. The zero-order valence-corrected chi connectivity index (χ0v) is 6.97. The molecule has 6 N–H and O–H groups in total. The minimum Gasteiger partial charge on any atom is -0.503 e. The third-order valence-corrected chi connectivity index (χ3v) is 1.67. The van der Waals surface area contributed by atoms with Crippen LogP contribution in [0.25, 0.3) is 0 Å². The van der Waals surface area contributed by atoms with E-state index in [1.54, 1.807) is 0 Å². The summed E-state index contributed by atoms with van der Waals surface area (Å²) in [6, 6.07) is 0. The van der Waals surface area contributed by atoms with Crippen molar-refractivity contribution in [2.24, 2.45) is 5.73 Å². The first-order valence-electron chi connectivity index (χ1n) is 3.60. The average Bonchev–Trinajstić information content (AvgIpc) is 2.14. The fourth-order valence-electron chi connectivity index (χ4n) is 0.950. The van der Waals surface area contributed by atoms with E-state index in [-0.39, 0.29) is 0 Å². The van der Waals surface area contributed by atoms with Crippen LogP contribution >= 0.6 is 0 Å². The normalized spacial score (nSPS) is 22.2. The number of hydrogen-bond acceptors (Lipinski definition) is 6. The van der Waals surface area contributed by atoms with Crippen LogP contribution in [0.4, 0.5) is 0 Å². The molecule has 7 heteroatoms. The van der Waals surface area contributed by atoms with Crippen molar-refractivity contribution in [2.45, 2.75) is 6.10 Å². The monoisotopic (exact) mass is 203 g/mol. The fraction of sp³-hybridized carbons (Fsp3) is 0.286. The topological polar surface area (TPSA) is 133 Å².